The predicted molar refractivity (Wildman–Crippen MR) is 149 cm³/mol. The lowest BCUT2D eigenvalue weighted by Crippen LogP contribution is -2.20. The van der Waals surface area contributed by atoms with Crippen LogP contribution in [-0.2, 0) is 6.42 Å². The van der Waals surface area contributed by atoms with Crippen molar-refractivity contribution < 1.29 is 0 Å². The molecule has 0 saturated heterocycles. The molecule has 0 N–H and O–H groups in total. The number of hydrogen-bond acceptors (Lipinski definition) is 1. The molecule has 2 aromatic rings. The zero-order valence-corrected chi connectivity index (χ0v) is 22.6. The van der Waals surface area contributed by atoms with Crippen LogP contribution in [0.25, 0.3) is 0 Å². The van der Waals surface area contributed by atoms with Crippen LogP contribution in [-0.4, -0.2) is 9.55 Å². The molecule has 0 amide bonds. The van der Waals surface area contributed by atoms with Crippen molar-refractivity contribution in [2.45, 2.75) is 142 Å². The van der Waals surface area contributed by atoms with E-state index >= 15 is 0 Å². The lowest BCUT2D eigenvalue weighted by atomic mass is 9.86. The molecule has 0 aliphatic heterocycles. The molecule has 0 fully saturated rings. The van der Waals surface area contributed by atoms with Crippen LogP contribution in [0.1, 0.15) is 141 Å². The highest BCUT2D eigenvalue weighted by molar-refractivity contribution is 5.15. The van der Waals surface area contributed by atoms with Crippen molar-refractivity contribution in [1.82, 2.24) is 9.55 Å². The Kier molecular flexibility index (Phi) is 16.6. The summed E-state index contributed by atoms with van der Waals surface area (Å²) in [5, 5.41) is 0. The molecule has 1 aromatic heterocycles. The summed E-state index contributed by atoms with van der Waals surface area (Å²) in [7, 11) is 0. The highest BCUT2D eigenvalue weighted by atomic mass is 15.1. The van der Waals surface area contributed by atoms with Crippen molar-refractivity contribution in [3.05, 3.63) is 54.6 Å². The molecule has 34 heavy (non-hydrogen) atoms. The van der Waals surface area contributed by atoms with E-state index in [1.165, 1.54) is 128 Å². The third-order valence-electron chi connectivity index (χ3n) is 7.64. The molecule has 1 aromatic carbocycles. The van der Waals surface area contributed by atoms with Gasteiger partial charge in [0.1, 0.15) is 0 Å². The van der Waals surface area contributed by atoms with Crippen LogP contribution in [0.15, 0.2) is 49.1 Å². The molecule has 0 spiro atoms. The van der Waals surface area contributed by atoms with Crippen molar-refractivity contribution in [3.8, 4) is 0 Å². The van der Waals surface area contributed by atoms with Gasteiger partial charge in [-0.1, -0.05) is 147 Å². The Morgan fingerprint density at radius 3 is 1.68 bits per heavy atom. The first-order valence-corrected chi connectivity index (χ1v) is 14.9. The second kappa shape index (κ2) is 19.7. The number of imidazole rings is 1. The first-order valence-electron chi connectivity index (χ1n) is 14.9. The molecule has 1 heterocycles. The Labute approximate surface area is 212 Å². The predicted octanol–water partition coefficient (Wildman–Crippen LogP) is 10.3. The second-order valence-electron chi connectivity index (χ2n) is 10.5. The van der Waals surface area contributed by atoms with E-state index in [4.69, 9.17) is 0 Å². The summed E-state index contributed by atoms with van der Waals surface area (Å²) in [4.78, 5) is 4.32. The van der Waals surface area contributed by atoms with E-state index in [1.54, 1.807) is 0 Å². The fourth-order valence-corrected chi connectivity index (χ4v) is 5.56. The maximum absolute atomic E-state index is 4.32. The van der Waals surface area contributed by atoms with E-state index in [0.717, 1.165) is 0 Å². The Morgan fingerprint density at radius 1 is 0.676 bits per heavy atom. The zero-order valence-electron chi connectivity index (χ0n) is 22.6. The molecule has 0 aliphatic carbocycles. The highest BCUT2D eigenvalue weighted by Crippen LogP contribution is 2.30. The van der Waals surface area contributed by atoms with Gasteiger partial charge in [0.25, 0.3) is 0 Å². The van der Waals surface area contributed by atoms with E-state index in [2.05, 4.69) is 59.9 Å². The van der Waals surface area contributed by atoms with Gasteiger partial charge in [-0.15, -0.1) is 0 Å². The maximum atomic E-state index is 4.32. The van der Waals surface area contributed by atoms with Gasteiger partial charge < -0.3 is 4.57 Å². The topological polar surface area (TPSA) is 17.8 Å². The molecular formula is C32H54N2. The molecule has 2 nitrogen and oxygen atoms in total. The third-order valence-corrected chi connectivity index (χ3v) is 7.64. The number of aromatic nitrogens is 2. The number of nitrogens with zero attached hydrogens (tertiary/aromatic N) is 2. The van der Waals surface area contributed by atoms with Gasteiger partial charge in [-0.2, -0.15) is 0 Å². The summed E-state index contributed by atoms with van der Waals surface area (Å²) < 4.78 is 2.35. The normalized spacial score (nSPS) is 13.2. The summed E-state index contributed by atoms with van der Waals surface area (Å²) in [6.07, 6.45) is 32.7. The van der Waals surface area contributed by atoms with Gasteiger partial charge in [0.2, 0.25) is 0 Å². The molecule has 192 valence electrons. The minimum atomic E-state index is 0.555. The Morgan fingerprint density at radius 2 is 1.21 bits per heavy atom. The minimum Gasteiger partial charge on any atom is -0.334 e. The van der Waals surface area contributed by atoms with Gasteiger partial charge in [-0.25, -0.2) is 4.98 Å². The molecule has 0 saturated carbocycles. The summed E-state index contributed by atoms with van der Waals surface area (Å²) in [5.74, 6) is 0.688. The fourth-order valence-electron chi connectivity index (χ4n) is 5.56. The van der Waals surface area contributed by atoms with Crippen LogP contribution in [0.3, 0.4) is 0 Å². The third kappa shape index (κ3) is 12.8. The molecule has 2 rings (SSSR count). The van der Waals surface area contributed by atoms with Crippen molar-refractivity contribution in [1.29, 1.82) is 0 Å². The van der Waals surface area contributed by atoms with E-state index in [0.29, 0.717) is 12.0 Å². The molecule has 0 bridgehead atoms. The van der Waals surface area contributed by atoms with Gasteiger partial charge in [0.05, 0.1) is 6.33 Å². The van der Waals surface area contributed by atoms with Gasteiger partial charge in [-0.05, 0) is 30.7 Å². The second-order valence-corrected chi connectivity index (χ2v) is 10.5. The molecule has 0 aliphatic rings. The van der Waals surface area contributed by atoms with Crippen LogP contribution in [0.4, 0.5) is 0 Å². The van der Waals surface area contributed by atoms with Gasteiger partial charge in [0, 0.05) is 18.4 Å². The minimum absolute atomic E-state index is 0.555. The monoisotopic (exact) mass is 466 g/mol. The number of benzene rings is 1. The fraction of sp³-hybridized carbons (Fsp3) is 0.719. The van der Waals surface area contributed by atoms with Gasteiger partial charge >= 0.3 is 0 Å². The van der Waals surface area contributed by atoms with Crippen molar-refractivity contribution in [3.63, 3.8) is 0 Å². The zero-order chi connectivity index (χ0) is 24.1. The largest absolute Gasteiger partial charge is 0.334 e. The van der Waals surface area contributed by atoms with E-state index in [-0.39, 0.29) is 0 Å². The smallest absolute Gasteiger partial charge is 0.0948 e. The lowest BCUT2D eigenvalue weighted by Gasteiger charge is -2.28. The Balaban J connectivity index is 1.53. The Bertz CT molecular complexity index is 664. The van der Waals surface area contributed by atoms with Crippen LogP contribution in [0, 0.1) is 5.92 Å². The molecule has 0 radical (unpaired) electrons. The summed E-state index contributed by atoms with van der Waals surface area (Å²) in [6, 6.07) is 11.6. The number of unbranched alkanes of at least 4 members (excludes halogenated alkanes) is 15. The Hall–Kier alpha value is -1.57. The van der Waals surface area contributed by atoms with E-state index < -0.39 is 0 Å². The average Bonchev–Trinajstić information content (AvgIpc) is 3.39. The number of hydrogen-bond donors (Lipinski definition) is 0. The van der Waals surface area contributed by atoms with Gasteiger partial charge in [-0.3, -0.25) is 0 Å². The lowest BCUT2D eigenvalue weighted by molar-refractivity contribution is 0.290. The molecule has 2 unspecified atom stereocenters. The standard InChI is InChI=1S/C32H54N2/c1-3-5-6-7-8-9-10-11-12-13-14-15-16-17-18-22-25-31(28-30-23-20-19-21-24-30)32(4-2)34-27-26-33-29-34/h19-21,23-24,26-27,29,31-32H,3-18,22,25,28H2,1-2H3. The summed E-state index contributed by atoms with van der Waals surface area (Å²) in [6.45, 7) is 4.63. The van der Waals surface area contributed by atoms with E-state index in [9.17, 15) is 0 Å². The van der Waals surface area contributed by atoms with Crippen LogP contribution in [0.2, 0.25) is 0 Å². The molecular weight excluding hydrogens is 412 g/mol. The number of rotatable bonds is 22. The summed E-state index contributed by atoms with van der Waals surface area (Å²) >= 11 is 0. The van der Waals surface area contributed by atoms with Crippen molar-refractivity contribution in [2.24, 2.45) is 5.92 Å². The van der Waals surface area contributed by atoms with Crippen LogP contribution < -0.4 is 0 Å². The van der Waals surface area contributed by atoms with Crippen LogP contribution in [0.5, 0.6) is 0 Å². The quantitative estimate of drug-likeness (QED) is 0.158. The first-order chi connectivity index (χ1) is 16.8. The highest BCUT2D eigenvalue weighted by Gasteiger charge is 2.21. The maximum Gasteiger partial charge on any atom is 0.0948 e. The molecule has 2 atom stereocenters. The molecule has 2 heteroatoms. The van der Waals surface area contributed by atoms with Crippen LogP contribution >= 0.6 is 0 Å². The SMILES string of the molecule is CCCCCCCCCCCCCCCCCCC(Cc1ccccc1)C(CC)n1ccnc1. The summed E-state index contributed by atoms with van der Waals surface area (Å²) in [5.41, 5.74) is 1.47. The first kappa shape index (κ1) is 28.7. The van der Waals surface area contributed by atoms with E-state index in [1.807, 2.05) is 12.5 Å². The van der Waals surface area contributed by atoms with Crippen molar-refractivity contribution in [2.75, 3.05) is 0 Å². The average molecular weight is 467 g/mol. The van der Waals surface area contributed by atoms with Gasteiger partial charge in [0.15, 0.2) is 0 Å². The van der Waals surface area contributed by atoms with Crippen molar-refractivity contribution >= 4 is 0 Å².